The average Bonchev–Trinajstić information content (AvgIpc) is 3.60. The number of amides is 1. The van der Waals surface area contributed by atoms with Gasteiger partial charge >= 0.3 is 15.6 Å². The first-order chi connectivity index (χ1) is 21.1. The molecule has 10 N–H and O–H groups in total. The number of fused-ring (bicyclic) bond motifs is 1. The van der Waals surface area contributed by atoms with Crippen molar-refractivity contribution in [2.24, 2.45) is 12.8 Å². The van der Waals surface area contributed by atoms with E-state index in [0.717, 1.165) is 6.33 Å². The Balaban J connectivity index is 1.17. The van der Waals surface area contributed by atoms with Crippen LogP contribution in [0.15, 0.2) is 31.1 Å². The lowest BCUT2D eigenvalue weighted by Crippen LogP contribution is -2.34. The number of phosphoric ester groups is 2. The highest BCUT2D eigenvalue weighted by molar-refractivity contribution is 7.61. The summed E-state index contributed by atoms with van der Waals surface area (Å²) in [5.74, 6) is -0.707. The number of aryl methyl sites for hydroxylation is 1. The van der Waals surface area contributed by atoms with Gasteiger partial charge in [0.25, 0.3) is 5.91 Å². The summed E-state index contributed by atoms with van der Waals surface area (Å²) >= 11 is 0. The van der Waals surface area contributed by atoms with Crippen LogP contribution in [0.1, 0.15) is 28.3 Å². The Morgan fingerprint density at radius 1 is 0.978 bits per heavy atom. The Labute approximate surface area is 252 Å². The first-order valence-electron chi connectivity index (χ1n) is 13.0. The SMILES string of the molecule is C[n+]1cc(C(N)=O)cc([C@@H]2O[C@H](COP(=O)(O)OP(=O)(O)OC[C@@H]3O[C@H](n4cnc5c(N)ncnc54)[C@@H](O)[C@H]3O)[C@@H](O)[C@H]2O)c1. The van der Waals surface area contributed by atoms with Gasteiger partial charge < -0.3 is 51.2 Å². The number of hydrogen-bond acceptors (Lipinski definition) is 16. The Kier molecular flexibility index (Phi) is 9.38. The largest absolute Gasteiger partial charge is 0.481 e. The number of aliphatic hydroxyl groups is 4. The van der Waals surface area contributed by atoms with Crippen molar-refractivity contribution in [1.29, 1.82) is 0 Å². The van der Waals surface area contributed by atoms with Crippen LogP contribution in [0.5, 0.6) is 0 Å². The van der Waals surface area contributed by atoms with Crippen molar-refractivity contribution in [2.45, 2.75) is 49.0 Å². The molecule has 2 fully saturated rings. The van der Waals surface area contributed by atoms with E-state index in [4.69, 9.17) is 30.0 Å². The predicted molar refractivity (Wildman–Crippen MR) is 144 cm³/mol. The highest BCUT2D eigenvalue weighted by atomic mass is 31.3. The maximum absolute atomic E-state index is 12.5. The molecule has 2 unspecified atom stereocenters. The number of nitrogen functional groups attached to an aromatic ring is 1. The third kappa shape index (κ3) is 7.05. The van der Waals surface area contributed by atoms with Crippen molar-refractivity contribution in [3.05, 3.63) is 42.2 Å². The second-order valence-corrected chi connectivity index (χ2v) is 13.2. The molecule has 0 aliphatic carbocycles. The van der Waals surface area contributed by atoms with Crippen LogP contribution in [0, 0.1) is 0 Å². The Morgan fingerprint density at radius 2 is 1.60 bits per heavy atom. The van der Waals surface area contributed by atoms with Crippen molar-refractivity contribution in [2.75, 3.05) is 18.9 Å². The molecular formula is C22H30N7O14P2+. The van der Waals surface area contributed by atoms with Gasteiger partial charge in [-0.2, -0.15) is 4.31 Å². The number of imidazole rings is 1. The first kappa shape index (κ1) is 33.4. The van der Waals surface area contributed by atoms with Crippen molar-refractivity contribution in [1.82, 2.24) is 19.5 Å². The van der Waals surface area contributed by atoms with Crippen LogP contribution in [0.2, 0.25) is 0 Å². The van der Waals surface area contributed by atoms with E-state index >= 15 is 0 Å². The van der Waals surface area contributed by atoms with Gasteiger partial charge in [-0.1, -0.05) is 0 Å². The van der Waals surface area contributed by atoms with Gasteiger partial charge in [0.2, 0.25) is 0 Å². The highest BCUT2D eigenvalue weighted by Gasteiger charge is 2.48. The molecule has 45 heavy (non-hydrogen) atoms. The third-order valence-electron chi connectivity index (χ3n) is 7.00. The Bertz CT molecular complexity index is 1680. The zero-order valence-electron chi connectivity index (χ0n) is 23.2. The molecule has 5 rings (SSSR count). The van der Waals surface area contributed by atoms with E-state index in [2.05, 4.69) is 19.3 Å². The summed E-state index contributed by atoms with van der Waals surface area (Å²) < 4.78 is 52.5. The summed E-state index contributed by atoms with van der Waals surface area (Å²) in [6.07, 6.45) is -6.50. The van der Waals surface area contributed by atoms with Crippen molar-refractivity contribution >= 4 is 38.5 Å². The van der Waals surface area contributed by atoms with Crippen molar-refractivity contribution in [3.63, 3.8) is 0 Å². The molecule has 0 spiro atoms. The van der Waals surface area contributed by atoms with Crippen LogP contribution < -0.4 is 16.0 Å². The zero-order chi connectivity index (χ0) is 32.8. The summed E-state index contributed by atoms with van der Waals surface area (Å²) in [4.78, 5) is 43.5. The molecular weight excluding hydrogens is 648 g/mol. The van der Waals surface area contributed by atoms with Gasteiger partial charge in [-0.3, -0.25) is 18.4 Å². The number of hydrogen-bond donors (Lipinski definition) is 8. The molecule has 2 aliphatic heterocycles. The lowest BCUT2D eigenvalue weighted by Gasteiger charge is -2.20. The van der Waals surface area contributed by atoms with Gasteiger partial charge in [0, 0.05) is 5.56 Å². The van der Waals surface area contributed by atoms with Crippen LogP contribution in [0.4, 0.5) is 5.82 Å². The quantitative estimate of drug-likeness (QED) is 0.0743. The van der Waals surface area contributed by atoms with Crippen molar-refractivity contribution in [3.8, 4) is 0 Å². The van der Waals surface area contributed by atoms with Crippen LogP contribution in [-0.2, 0) is 39.0 Å². The zero-order valence-corrected chi connectivity index (χ0v) is 24.9. The molecule has 10 atom stereocenters. The number of anilines is 1. The van der Waals surface area contributed by atoms with Crippen LogP contribution in [0.3, 0.4) is 0 Å². The molecule has 0 aromatic carbocycles. The molecule has 23 heteroatoms. The predicted octanol–water partition coefficient (Wildman–Crippen LogP) is -2.94. The number of aromatic nitrogens is 5. The fourth-order valence-electron chi connectivity index (χ4n) is 4.86. The van der Waals surface area contributed by atoms with E-state index in [-0.39, 0.29) is 28.1 Å². The molecule has 0 saturated carbocycles. The van der Waals surface area contributed by atoms with E-state index in [9.17, 15) is 44.1 Å². The number of primary amides is 1. The number of phosphoric acid groups is 2. The molecule has 246 valence electrons. The fraction of sp³-hybridized carbons (Fsp3) is 0.500. The van der Waals surface area contributed by atoms with Gasteiger partial charge in [-0.05, 0) is 6.07 Å². The molecule has 0 bridgehead atoms. The van der Waals surface area contributed by atoms with Crippen LogP contribution in [0.25, 0.3) is 11.2 Å². The molecule has 1 amide bonds. The summed E-state index contributed by atoms with van der Waals surface area (Å²) in [6, 6.07) is 1.33. The summed E-state index contributed by atoms with van der Waals surface area (Å²) in [5.41, 5.74) is 11.8. The fourth-order valence-corrected chi connectivity index (χ4v) is 6.95. The lowest BCUT2D eigenvalue weighted by molar-refractivity contribution is -0.672. The normalized spacial score (nSPS) is 31.2. The molecule has 21 nitrogen and oxygen atoms in total. The van der Waals surface area contributed by atoms with E-state index in [1.807, 2.05) is 0 Å². The van der Waals surface area contributed by atoms with Crippen molar-refractivity contribution < 1.29 is 71.5 Å². The third-order valence-corrected chi connectivity index (χ3v) is 9.60. The summed E-state index contributed by atoms with van der Waals surface area (Å²) in [6.45, 7) is -1.79. The monoisotopic (exact) mass is 678 g/mol. The number of ether oxygens (including phenoxy) is 2. The molecule has 2 saturated heterocycles. The minimum Gasteiger partial charge on any atom is -0.387 e. The minimum atomic E-state index is -5.37. The molecule has 5 heterocycles. The number of aliphatic hydroxyl groups excluding tert-OH is 4. The maximum Gasteiger partial charge on any atom is 0.481 e. The van der Waals surface area contributed by atoms with E-state index in [1.165, 1.54) is 33.9 Å². The summed E-state index contributed by atoms with van der Waals surface area (Å²) in [7, 11) is -9.17. The van der Waals surface area contributed by atoms with E-state index in [0.29, 0.717) is 0 Å². The van der Waals surface area contributed by atoms with Gasteiger partial charge in [-0.15, -0.1) is 0 Å². The first-order valence-corrected chi connectivity index (χ1v) is 16.0. The van der Waals surface area contributed by atoms with Gasteiger partial charge in [0.15, 0.2) is 30.1 Å². The van der Waals surface area contributed by atoms with Gasteiger partial charge in [0.05, 0.1) is 19.5 Å². The van der Waals surface area contributed by atoms with Gasteiger partial charge in [0.1, 0.15) is 67.2 Å². The molecule has 3 aromatic heterocycles. The maximum atomic E-state index is 12.5. The standard InChI is InChI=1S/C22H29N7O14P2/c1-28-3-9(2-10(4-28)20(24)34)18-16(32)14(30)11(41-18)5-39-44(35,36)43-45(37,38)40-6-12-15(31)17(33)22(42-12)29-8-27-13-19(23)25-7-26-21(13)29/h2-4,7-8,11-12,14-18,22,30-33H,5-6H2,1H3,(H5-,23,24,25,26,34,35,36,37,38)/p+1/t11-,12+,14-,15+,16-,17+,18+,22+/m1/s1. The lowest BCUT2D eigenvalue weighted by atomic mass is 10.0. The summed E-state index contributed by atoms with van der Waals surface area (Å²) in [5, 5.41) is 41.8. The van der Waals surface area contributed by atoms with E-state index in [1.54, 1.807) is 7.05 Å². The number of carbonyl (C=O) groups excluding carboxylic acids is 1. The molecule has 0 radical (unpaired) electrons. The smallest absolute Gasteiger partial charge is 0.387 e. The van der Waals surface area contributed by atoms with E-state index < -0.39 is 83.7 Å². The van der Waals surface area contributed by atoms with Crippen LogP contribution >= 0.6 is 15.6 Å². The number of pyridine rings is 1. The average molecular weight is 678 g/mol. The number of carbonyl (C=O) groups is 1. The topological polar surface area (TPSA) is 318 Å². The number of nitrogens with two attached hydrogens (primary N) is 2. The van der Waals surface area contributed by atoms with Crippen LogP contribution in [-0.4, -0.2) is 105 Å². The number of nitrogens with zero attached hydrogens (tertiary/aromatic N) is 5. The Hall–Kier alpha value is -3.01. The number of rotatable bonds is 11. The minimum absolute atomic E-state index is 0.0508. The molecule has 2 aliphatic rings. The highest BCUT2D eigenvalue weighted by Crippen LogP contribution is 2.60. The second kappa shape index (κ2) is 12.6. The second-order valence-electron chi connectivity index (χ2n) is 10.2. The van der Waals surface area contributed by atoms with Gasteiger partial charge in [-0.25, -0.2) is 28.6 Å². The Morgan fingerprint density at radius 3 is 2.24 bits per heavy atom. The molecule has 3 aromatic rings.